The molecular weight excluding hydrogens is 166 g/mol. The molecule has 2 fully saturated rings. The number of hydrogen-bond donors (Lipinski definition) is 0. The molecule has 0 aromatic rings. The SMILES string of the molecule is CN(C1CCCC1)[SiH]1C[SiH2]C1. The van der Waals surface area contributed by atoms with Gasteiger partial charge in [-0.15, -0.1) is 0 Å². The van der Waals surface area contributed by atoms with Crippen molar-refractivity contribution in [1.82, 2.24) is 4.57 Å². The molecule has 1 aliphatic heterocycles. The van der Waals surface area contributed by atoms with E-state index in [1.807, 2.05) is 0 Å². The molecule has 0 atom stereocenters. The van der Waals surface area contributed by atoms with Crippen LogP contribution >= 0.6 is 0 Å². The van der Waals surface area contributed by atoms with Crippen LogP contribution in [0.3, 0.4) is 0 Å². The van der Waals surface area contributed by atoms with Gasteiger partial charge in [0.15, 0.2) is 0 Å². The lowest BCUT2D eigenvalue weighted by Crippen LogP contribution is -2.49. The Bertz CT molecular complexity index is 130. The fourth-order valence-electron chi connectivity index (χ4n) is 2.40. The van der Waals surface area contributed by atoms with E-state index in [1.54, 1.807) is 11.3 Å². The normalized spacial score (nSPS) is 34.9. The van der Waals surface area contributed by atoms with Crippen molar-refractivity contribution in [3.05, 3.63) is 0 Å². The molecule has 1 saturated carbocycles. The Labute approximate surface area is 73.7 Å². The molecule has 0 amide bonds. The third-order valence-corrected chi connectivity index (χ3v) is 13.7. The molecule has 11 heavy (non-hydrogen) atoms. The summed E-state index contributed by atoms with van der Waals surface area (Å²) < 4.78 is 2.82. The quantitative estimate of drug-likeness (QED) is 0.572. The highest BCUT2D eigenvalue weighted by atomic mass is 28.4. The van der Waals surface area contributed by atoms with Gasteiger partial charge in [-0.2, -0.15) is 0 Å². The standard InChI is InChI=1S/C8H19NSi2/c1-9(11-6-10-7-11)8-4-2-3-5-8/h8,11H,2-7,10H2,1H3. The van der Waals surface area contributed by atoms with Gasteiger partial charge < -0.3 is 4.57 Å². The molecule has 1 nitrogen and oxygen atoms in total. The highest BCUT2D eigenvalue weighted by Gasteiger charge is 2.30. The molecule has 2 rings (SSSR count). The van der Waals surface area contributed by atoms with Crippen LogP contribution in [-0.4, -0.2) is 36.1 Å². The van der Waals surface area contributed by atoms with E-state index in [4.69, 9.17) is 0 Å². The summed E-state index contributed by atoms with van der Waals surface area (Å²) in [6.07, 6.45) is 6.05. The monoisotopic (exact) mass is 185 g/mol. The van der Waals surface area contributed by atoms with Gasteiger partial charge in [0.25, 0.3) is 0 Å². The van der Waals surface area contributed by atoms with E-state index in [1.165, 1.54) is 25.7 Å². The second-order valence-corrected chi connectivity index (χ2v) is 11.6. The number of nitrogens with zero attached hydrogens (tertiary/aromatic N) is 1. The van der Waals surface area contributed by atoms with Crippen molar-refractivity contribution in [2.45, 2.75) is 43.1 Å². The smallest absolute Gasteiger partial charge is 0.105 e. The third kappa shape index (κ3) is 1.60. The van der Waals surface area contributed by atoms with Gasteiger partial charge in [0, 0.05) is 15.6 Å². The van der Waals surface area contributed by atoms with Crippen LogP contribution in [0.2, 0.25) is 11.3 Å². The van der Waals surface area contributed by atoms with Crippen molar-refractivity contribution in [3.8, 4) is 0 Å². The van der Waals surface area contributed by atoms with E-state index < -0.39 is 0 Å². The zero-order valence-corrected chi connectivity index (χ0v) is 10.1. The molecule has 0 spiro atoms. The summed E-state index contributed by atoms with van der Waals surface area (Å²) in [7, 11) is 2.67. The predicted molar refractivity (Wildman–Crippen MR) is 55.3 cm³/mol. The molecular formula is C8H19NSi2. The molecule has 64 valence electrons. The summed E-state index contributed by atoms with van der Waals surface area (Å²) in [5, 5.41) is 0. The molecule has 0 N–H and O–H groups in total. The zero-order valence-electron chi connectivity index (χ0n) is 7.55. The molecule has 1 aliphatic carbocycles. The lowest BCUT2D eigenvalue weighted by Gasteiger charge is -2.37. The molecule has 3 heteroatoms. The van der Waals surface area contributed by atoms with Crippen molar-refractivity contribution in [1.29, 1.82) is 0 Å². The highest BCUT2D eigenvalue weighted by Crippen LogP contribution is 2.26. The van der Waals surface area contributed by atoms with Crippen LogP contribution in [-0.2, 0) is 0 Å². The average molecular weight is 185 g/mol. The lowest BCUT2D eigenvalue weighted by atomic mass is 10.3. The maximum Gasteiger partial charge on any atom is 0.105 e. The molecule has 0 unspecified atom stereocenters. The topological polar surface area (TPSA) is 3.24 Å². The fraction of sp³-hybridized carbons (Fsp3) is 1.00. The Morgan fingerprint density at radius 3 is 2.36 bits per heavy atom. The maximum absolute atomic E-state index is 2.82. The van der Waals surface area contributed by atoms with Gasteiger partial charge in [-0.1, -0.05) is 24.2 Å². The van der Waals surface area contributed by atoms with Gasteiger partial charge in [0.05, 0.1) is 0 Å². The third-order valence-electron chi connectivity index (χ3n) is 3.55. The summed E-state index contributed by atoms with van der Waals surface area (Å²) in [4.78, 5) is 0. The molecule has 2 aliphatic rings. The van der Waals surface area contributed by atoms with Crippen molar-refractivity contribution in [2.24, 2.45) is 0 Å². The second-order valence-electron chi connectivity index (χ2n) is 4.19. The summed E-state index contributed by atoms with van der Waals surface area (Å²) in [5.74, 6) is 0. The number of hydrogen-bond acceptors (Lipinski definition) is 1. The van der Waals surface area contributed by atoms with Gasteiger partial charge >= 0.3 is 0 Å². The lowest BCUT2D eigenvalue weighted by molar-refractivity contribution is 0.382. The molecule has 1 heterocycles. The predicted octanol–water partition coefficient (Wildman–Crippen LogP) is 0.682. The van der Waals surface area contributed by atoms with Gasteiger partial charge in [-0.05, 0) is 19.9 Å². The first-order valence-electron chi connectivity index (χ1n) is 5.10. The first-order valence-corrected chi connectivity index (χ1v) is 9.25. The van der Waals surface area contributed by atoms with Crippen LogP contribution in [0.5, 0.6) is 0 Å². The van der Waals surface area contributed by atoms with Gasteiger partial charge in [-0.25, -0.2) is 0 Å². The van der Waals surface area contributed by atoms with Crippen molar-refractivity contribution in [3.63, 3.8) is 0 Å². The Morgan fingerprint density at radius 1 is 1.27 bits per heavy atom. The van der Waals surface area contributed by atoms with Crippen LogP contribution < -0.4 is 0 Å². The van der Waals surface area contributed by atoms with Crippen molar-refractivity contribution < 1.29 is 0 Å². The van der Waals surface area contributed by atoms with E-state index in [2.05, 4.69) is 11.6 Å². The first kappa shape index (κ1) is 8.01. The Balaban J connectivity index is 1.82. The molecule has 0 radical (unpaired) electrons. The Morgan fingerprint density at radius 2 is 1.91 bits per heavy atom. The first-order chi connectivity index (χ1) is 5.38. The maximum atomic E-state index is 2.82. The molecule has 1 saturated heterocycles. The van der Waals surface area contributed by atoms with Crippen LogP contribution in [0.25, 0.3) is 0 Å². The number of rotatable bonds is 2. The highest BCUT2D eigenvalue weighted by molar-refractivity contribution is 6.84. The summed E-state index contributed by atoms with van der Waals surface area (Å²) >= 11 is 0. The van der Waals surface area contributed by atoms with E-state index >= 15 is 0 Å². The van der Waals surface area contributed by atoms with Crippen LogP contribution in [0.15, 0.2) is 0 Å². The van der Waals surface area contributed by atoms with Crippen LogP contribution in [0.4, 0.5) is 0 Å². The Hall–Kier alpha value is 0.394. The van der Waals surface area contributed by atoms with Gasteiger partial charge in [0.1, 0.15) is 8.96 Å². The fourth-order valence-corrected chi connectivity index (χ4v) is 9.65. The summed E-state index contributed by atoms with van der Waals surface area (Å²) in [5.41, 5.74) is 3.49. The van der Waals surface area contributed by atoms with E-state index in [9.17, 15) is 0 Å². The Kier molecular flexibility index (Phi) is 2.49. The van der Waals surface area contributed by atoms with Crippen molar-refractivity contribution >= 4 is 18.5 Å². The van der Waals surface area contributed by atoms with E-state index in [0.717, 1.165) is 6.04 Å². The minimum absolute atomic E-state index is 0.253. The van der Waals surface area contributed by atoms with Crippen LogP contribution in [0.1, 0.15) is 25.7 Å². The van der Waals surface area contributed by atoms with Crippen LogP contribution in [0, 0.1) is 0 Å². The minimum Gasteiger partial charge on any atom is -0.327 e. The van der Waals surface area contributed by atoms with Gasteiger partial charge in [-0.3, -0.25) is 0 Å². The molecule has 0 bridgehead atoms. The molecule has 0 aromatic carbocycles. The molecule has 0 aromatic heterocycles. The summed E-state index contributed by atoms with van der Waals surface area (Å²) in [6.45, 7) is 0. The second kappa shape index (κ2) is 3.41. The largest absolute Gasteiger partial charge is 0.327 e. The average Bonchev–Trinajstić information content (AvgIpc) is 2.32. The summed E-state index contributed by atoms with van der Waals surface area (Å²) in [6, 6.07) is 1.03. The van der Waals surface area contributed by atoms with E-state index in [-0.39, 0.29) is 8.96 Å². The minimum atomic E-state index is -0.253. The van der Waals surface area contributed by atoms with Crippen molar-refractivity contribution in [2.75, 3.05) is 7.05 Å². The zero-order chi connectivity index (χ0) is 7.68. The van der Waals surface area contributed by atoms with Gasteiger partial charge in [0.2, 0.25) is 0 Å². The van der Waals surface area contributed by atoms with E-state index in [0.29, 0.717) is 9.52 Å².